The van der Waals surface area contributed by atoms with Crippen molar-refractivity contribution in [2.24, 2.45) is 5.92 Å². The Labute approximate surface area is 162 Å². The van der Waals surface area contributed by atoms with E-state index in [1.54, 1.807) is 6.07 Å². The van der Waals surface area contributed by atoms with E-state index in [4.69, 9.17) is 18.9 Å². The van der Waals surface area contributed by atoms with Crippen molar-refractivity contribution in [2.75, 3.05) is 58.1 Å². The van der Waals surface area contributed by atoms with Crippen molar-refractivity contribution in [1.29, 1.82) is 0 Å². The van der Waals surface area contributed by atoms with Gasteiger partial charge in [0.1, 0.15) is 11.5 Å². The Kier molecular flexibility index (Phi) is 12.6. The number of ether oxygens (including phenoxy) is 4. The first kappa shape index (κ1) is 23.5. The summed E-state index contributed by atoms with van der Waals surface area (Å²) in [6, 6.07) is 5.41. The molecule has 0 aromatic carbocycles. The molecule has 0 aliphatic carbocycles. The molecule has 0 aliphatic rings. The lowest BCUT2D eigenvalue weighted by Gasteiger charge is -2.10. The van der Waals surface area contributed by atoms with Crippen LogP contribution in [-0.4, -0.2) is 69.7 Å². The zero-order valence-corrected chi connectivity index (χ0v) is 17.0. The number of aromatic nitrogens is 1. The summed E-state index contributed by atoms with van der Waals surface area (Å²) in [6.45, 7) is 12.2. The Hall–Kier alpha value is -1.54. The fourth-order valence-corrected chi connectivity index (χ4v) is 2.10. The van der Waals surface area contributed by atoms with E-state index in [1.165, 1.54) is 0 Å². The number of hydrogen-bond acceptors (Lipinski definition) is 7. The van der Waals surface area contributed by atoms with Gasteiger partial charge in [0, 0.05) is 12.5 Å². The average Bonchev–Trinajstić information content (AvgIpc) is 2.64. The summed E-state index contributed by atoms with van der Waals surface area (Å²) in [5.41, 5.74) is 0.488. The van der Waals surface area contributed by atoms with Gasteiger partial charge >= 0.3 is 0 Å². The zero-order valence-electron chi connectivity index (χ0n) is 17.0. The zero-order chi connectivity index (χ0) is 19.9. The van der Waals surface area contributed by atoms with Gasteiger partial charge in [-0.15, -0.1) is 0 Å². The predicted molar refractivity (Wildman–Crippen MR) is 105 cm³/mol. The molecule has 0 fully saturated rings. The van der Waals surface area contributed by atoms with Gasteiger partial charge in [-0.3, -0.25) is 4.79 Å². The molecule has 0 radical (unpaired) electrons. The number of ketones is 1. The topological polar surface area (TPSA) is 78.9 Å². The molecule has 0 amide bonds. The summed E-state index contributed by atoms with van der Waals surface area (Å²) in [5, 5.41) is 3.16. The Bertz CT molecular complexity index is 523. The molecule has 0 aliphatic heterocycles. The third-order valence-electron chi connectivity index (χ3n) is 3.50. The van der Waals surface area contributed by atoms with E-state index >= 15 is 0 Å². The van der Waals surface area contributed by atoms with Gasteiger partial charge in [0.2, 0.25) is 0 Å². The second-order valence-corrected chi connectivity index (χ2v) is 6.61. The molecule has 0 atom stereocenters. The first-order valence-corrected chi connectivity index (χ1v) is 9.60. The third kappa shape index (κ3) is 11.7. The first-order valence-electron chi connectivity index (χ1n) is 9.60. The van der Waals surface area contributed by atoms with Crippen molar-refractivity contribution in [2.45, 2.75) is 33.8 Å². The van der Waals surface area contributed by atoms with Crippen molar-refractivity contribution >= 4 is 11.6 Å². The number of nitrogens with one attached hydrogen (secondary N) is 1. The molecule has 27 heavy (non-hydrogen) atoms. The standard InChI is InChI=1S/C20H34N2O5/c1-16(2)20(23)18-6-5-7-19(22-18)21-8-9-24-10-11-25-12-13-26-14-15-27-17(3)4/h5-7,16-17H,8-15H2,1-4H3,(H,21,22). The van der Waals surface area contributed by atoms with E-state index in [1.807, 2.05) is 39.8 Å². The molecule has 1 N–H and O–H groups in total. The van der Waals surface area contributed by atoms with Crippen LogP contribution < -0.4 is 5.32 Å². The van der Waals surface area contributed by atoms with Crippen LogP contribution in [0.15, 0.2) is 18.2 Å². The largest absolute Gasteiger partial charge is 0.377 e. The maximum atomic E-state index is 12.0. The fraction of sp³-hybridized carbons (Fsp3) is 0.700. The van der Waals surface area contributed by atoms with Crippen molar-refractivity contribution in [3.63, 3.8) is 0 Å². The van der Waals surface area contributed by atoms with Crippen LogP contribution in [0, 0.1) is 5.92 Å². The van der Waals surface area contributed by atoms with Crippen molar-refractivity contribution < 1.29 is 23.7 Å². The lowest BCUT2D eigenvalue weighted by Crippen LogP contribution is -2.16. The van der Waals surface area contributed by atoms with Gasteiger partial charge in [0.25, 0.3) is 0 Å². The van der Waals surface area contributed by atoms with Crippen LogP contribution in [0.2, 0.25) is 0 Å². The van der Waals surface area contributed by atoms with E-state index < -0.39 is 0 Å². The Morgan fingerprint density at radius 3 is 2.11 bits per heavy atom. The van der Waals surface area contributed by atoms with Gasteiger partial charge in [-0.05, 0) is 26.0 Å². The quantitative estimate of drug-likeness (QED) is 0.348. The molecule has 0 saturated heterocycles. The molecule has 154 valence electrons. The maximum absolute atomic E-state index is 12.0. The van der Waals surface area contributed by atoms with Gasteiger partial charge in [-0.2, -0.15) is 0 Å². The minimum atomic E-state index is -0.0603. The summed E-state index contributed by atoms with van der Waals surface area (Å²) >= 11 is 0. The number of carbonyl (C=O) groups excluding carboxylic acids is 1. The van der Waals surface area contributed by atoms with Crippen LogP contribution in [0.25, 0.3) is 0 Å². The van der Waals surface area contributed by atoms with Crippen LogP contribution >= 0.6 is 0 Å². The Morgan fingerprint density at radius 1 is 0.926 bits per heavy atom. The molecule has 1 aromatic rings. The van der Waals surface area contributed by atoms with Gasteiger partial charge in [0.15, 0.2) is 5.78 Å². The van der Waals surface area contributed by atoms with E-state index in [-0.39, 0.29) is 17.8 Å². The highest BCUT2D eigenvalue weighted by molar-refractivity contribution is 5.95. The van der Waals surface area contributed by atoms with Crippen molar-refractivity contribution in [3.05, 3.63) is 23.9 Å². The molecular formula is C20H34N2O5. The van der Waals surface area contributed by atoms with Crippen molar-refractivity contribution in [1.82, 2.24) is 4.98 Å². The summed E-state index contributed by atoms with van der Waals surface area (Å²) < 4.78 is 21.7. The monoisotopic (exact) mass is 382 g/mol. The minimum Gasteiger partial charge on any atom is -0.377 e. The molecular weight excluding hydrogens is 348 g/mol. The Balaban J connectivity index is 1.97. The number of Topliss-reactive ketones (excluding diaryl/α,β-unsaturated/α-hetero) is 1. The van der Waals surface area contributed by atoms with E-state index in [9.17, 15) is 4.79 Å². The third-order valence-corrected chi connectivity index (χ3v) is 3.50. The summed E-state index contributed by atoms with van der Waals surface area (Å²) in [5.74, 6) is 0.665. The van der Waals surface area contributed by atoms with Crippen LogP contribution in [0.3, 0.4) is 0 Å². The van der Waals surface area contributed by atoms with Gasteiger partial charge in [0.05, 0.1) is 52.4 Å². The minimum absolute atomic E-state index is 0.0449. The highest BCUT2D eigenvalue weighted by atomic mass is 16.6. The number of pyridine rings is 1. The molecule has 1 aromatic heterocycles. The molecule has 0 spiro atoms. The highest BCUT2D eigenvalue weighted by Gasteiger charge is 2.11. The van der Waals surface area contributed by atoms with Gasteiger partial charge in [-0.25, -0.2) is 4.98 Å². The van der Waals surface area contributed by atoms with Gasteiger partial charge in [-0.1, -0.05) is 19.9 Å². The second-order valence-electron chi connectivity index (χ2n) is 6.61. The SMILES string of the molecule is CC(C)OCCOCCOCCOCCNc1cccc(C(=O)C(C)C)n1. The van der Waals surface area contributed by atoms with Crippen LogP contribution in [0.4, 0.5) is 5.82 Å². The smallest absolute Gasteiger partial charge is 0.183 e. The van der Waals surface area contributed by atoms with E-state index in [2.05, 4.69) is 10.3 Å². The number of anilines is 1. The average molecular weight is 383 g/mol. The lowest BCUT2D eigenvalue weighted by atomic mass is 10.1. The molecule has 1 rings (SSSR count). The van der Waals surface area contributed by atoms with Gasteiger partial charge < -0.3 is 24.3 Å². The molecule has 0 saturated carbocycles. The number of nitrogens with zero attached hydrogens (tertiary/aromatic N) is 1. The highest BCUT2D eigenvalue weighted by Crippen LogP contribution is 2.09. The molecule has 7 heteroatoms. The van der Waals surface area contributed by atoms with Crippen LogP contribution in [-0.2, 0) is 18.9 Å². The second kappa shape index (κ2) is 14.5. The number of carbonyl (C=O) groups is 1. The number of rotatable bonds is 16. The summed E-state index contributed by atoms with van der Waals surface area (Å²) in [7, 11) is 0. The predicted octanol–water partition coefficient (Wildman–Crippen LogP) is 2.81. The van der Waals surface area contributed by atoms with Crippen LogP contribution in [0.5, 0.6) is 0 Å². The summed E-state index contributed by atoms with van der Waals surface area (Å²) in [4.78, 5) is 16.3. The normalized spacial score (nSPS) is 11.3. The summed E-state index contributed by atoms with van der Waals surface area (Å²) in [6.07, 6.45) is 0.235. The molecule has 0 bridgehead atoms. The molecule has 0 unspecified atom stereocenters. The fourth-order valence-electron chi connectivity index (χ4n) is 2.10. The Morgan fingerprint density at radius 2 is 1.52 bits per heavy atom. The maximum Gasteiger partial charge on any atom is 0.183 e. The molecule has 7 nitrogen and oxygen atoms in total. The first-order chi connectivity index (χ1) is 13.0. The molecule has 1 heterocycles. The number of hydrogen-bond donors (Lipinski definition) is 1. The van der Waals surface area contributed by atoms with E-state index in [0.29, 0.717) is 64.3 Å². The lowest BCUT2D eigenvalue weighted by molar-refractivity contribution is -0.0110. The van der Waals surface area contributed by atoms with E-state index in [0.717, 1.165) is 0 Å². The van der Waals surface area contributed by atoms with Crippen molar-refractivity contribution in [3.8, 4) is 0 Å². The van der Waals surface area contributed by atoms with Crippen LogP contribution in [0.1, 0.15) is 38.2 Å².